The summed E-state index contributed by atoms with van der Waals surface area (Å²) in [7, 11) is 0. The number of allylic oxidation sites excluding steroid dienone is 1. The van der Waals surface area contributed by atoms with Gasteiger partial charge in [0.25, 0.3) is 0 Å². The predicted molar refractivity (Wildman–Crippen MR) is 184 cm³/mol. The third-order valence-corrected chi connectivity index (χ3v) is 8.43. The molecule has 3 aromatic carbocycles. The molecular weight excluding hydrogens is 527 g/mol. The molecule has 0 aromatic heterocycles. The molecule has 0 radical (unpaired) electrons. The molecule has 1 nitrogen and oxygen atoms in total. The van der Waals surface area contributed by atoms with Crippen LogP contribution >= 0.6 is 0 Å². The Labute approximate surface area is 261 Å². The van der Waals surface area contributed by atoms with E-state index in [1.807, 2.05) is 12.2 Å². The van der Waals surface area contributed by atoms with E-state index < -0.39 is 0 Å². The molecule has 0 heterocycles. The molecule has 0 saturated heterocycles. The Morgan fingerprint density at radius 1 is 0.512 bits per heavy atom. The van der Waals surface area contributed by atoms with Gasteiger partial charge in [-0.3, -0.25) is 4.79 Å². The molecule has 230 valence electrons. The van der Waals surface area contributed by atoms with Crippen LogP contribution in [0.2, 0.25) is 0 Å². The van der Waals surface area contributed by atoms with E-state index in [0.717, 1.165) is 12.0 Å². The van der Waals surface area contributed by atoms with Crippen LogP contribution in [-0.4, -0.2) is 5.78 Å². The Hall–Kier alpha value is -3.26. The van der Waals surface area contributed by atoms with Gasteiger partial charge >= 0.3 is 0 Å². The van der Waals surface area contributed by atoms with E-state index in [-0.39, 0.29) is 11.6 Å². The van der Waals surface area contributed by atoms with Gasteiger partial charge in [0, 0.05) is 5.56 Å². The summed E-state index contributed by atoms with van der Waals surface area (Å²) >= 11 is 0. The van der Waals surface area contributed by atoms with Crippen LogP contribution in [0.5, 0.6) is 0 Å². The summed E-state index contributed by atoms with van der Waals surface area (Å²) < 4.78 is 13.0. The zero-order valence-corrected chi connectivity index (χ0v) is 26.4. The summed E-state index contributed by atoms with van der Waals surface area (Å²) in [5, 5.41) is 0. The number of rotatable bonds is 23. The van der Waals surface area contributed by atoms with Crippen LogP contribution in [0.4, 0.5) is 4.39 Å². The topological polar surface area (TPSA) is 17.1 Å². The van der Waals surface area contributed by atoms with Crippen LogP contribution in [-0.2, 0) is 12.8 Å². The van der Waals surface area contributed by atoms with Crippen molar-refractivity contribution in [3.63, 3.8) is 0 Å². The first-order valence-electron chi connectivity index (χ1n) is 16.9. The minimum atomic E-state index is -0.330. The van der Waals surface area contributed by atoms with E-state index in [2.05, 4.69) is 55.1 Å². The lowest BCUT2D eigenvalue weighted by Gasteiger charge is -2.05. The summed E-state index contributed by atoms with van der Waals surface area (Å²) in [6.45, 7) is 3.82. The van der Waals surface area contributed by atoms with Crippen LogP contribution in [0.1, 0.15) is 135 Å². The van der Waals surface area contributed by atoms with E-state index >= 15 is 0 Å². The second-order valence-corrected chi connectivity index (χ2v) is 12.0. The molecule has 0 aliphatic carbocycles. The van der Waals surface area contributed by atoms with E-state index in [1.165, 1.54) is 150 Å². The first-order chi connectivity index (χ1) is 21.1. The highest BCUT2D eigenvalue weighted by Gasteiger charge is 2.02. The SMILES string of the molecule is C=Cc1ccc(CCCCCCCCCCCCCCCCCCc2ccc(C=CC(=O)c3ccc(F)cc3)cc2)cc1. The molecular formula is C41H53FO. The Kier molecular flexibility index (Phi) is 17.1. The molecule has 0 fully saturated rings. The number of carbonyl (C=O) groups is 1. The fraction of sp³-hybridized carbons (Fsp3) is 0.439. The second-order valence-electron chi connectivity index (χ2n) is 12.0. The highest BCUT2D eigenvalue weighted by Crippen LogP contribution is 2.16. The van der Waals surface area contributed by atoms with Gasteiger partial charge in [0.15, 0.2) is 5.78 Å². The van der Waals surface area contributed by atoms with Gasteiger partial charge in [-0.05, 0) is 78.3 Å². The highest BCUT2D eigenvalue weighted by molar-refractivity contribution is 6.06. The maximum Gasteiger partial charge on any atom is 0.185 e. The van der Waals surface area contributed by atoms with Gasteiger partial charge in [0.05, 0.1) is 0 Å². The summed E-state index contributed by atoms with van der Waals surface area (Å²) in [5.41, 5.74) is 5.52. The molecule has 0 unspecified atom stereocenters. The number of unbranched alkanes of at least 4 members (excludes halogenated alkanes) is 15. The molecule has 3 rings (SSSR count). The van der Waals surface area contributed by atoms with Gasteiger partial charge < -0.3 is 0 Å². The normalized spacial score (nSPS) is 11.3. The van der Waals surface area contributed by atoms with Gasteiger partial charge in [-0.2, -0.15) is 0 Å². The largest absolute Gasteiger partial charge is 0.289 e. The zero-order valence-electron chi connectivity index (χ0n) is 26.4. The van der Waals surface area contributed by atoms with Crippen molar-refractivity contribution in [2.24, 2.45) is 0 Å². The molecule has 0 aliphatic heterocycles. The monoisotopic (exact) mass is 580 g/mol. The van der Waals surface area contributed by atoms with Crippen molar-refractivity contribution in [1.82, 2.24) is 0 Å². The van der Waals surface area contributed by atoms with Gasteiger partial charge in [-0.1, -0.05) is 157 Å². The van der Waals surface area contributed by atoms with E-state index in [1.54, 1.807) is 6.08 Å². The van der Waals surface area contributed by atoms with Crippen molar-refractivity contribution in [2.45, 2.75) is 116 Å². The van der Waals surface area contributed by atoms with Crippen molar-refractivity contribution in [1.29, 1.82) is 0 Å². The fourth-order valence-corrected chi connectivity index (χ4v) is 5.63. The van der Waals surface area contributed by atoms with Crippen molar-refractivity contribution in [3.05, 3.63) is 119 Å². The first-order valence-corrected chi connectivity index (χ1v) is 16.9. The molecule has 0 amide bonds. The number of halogens is 1. The lowest BCUT2D eigenvalue weighted by molar-refractivity contribution is 0.104. The third kappa shape index (κ3) is 15.2. The molecule has 0 N–H and O–H groups in total. The average Bonchev–Trinajstić information content (AvgIpc) is 3.04. The van der Waals surface area contributed by atoms with Gasteiger partial charge in [0.1, 0.15) is 5.82 Å². The summed E-state index contributed by atoms with van der Waals surface area (Å²) in [6.07, 6.45) is 29.6. The maximum atomic E-state index is 13.0. The minimum absolute atomic E-state index is 0.112. The lowest BCUT2D eigenvalue weighted by Crippen LogP contribution is -1.93. The molecule has 0 aliphatic rings. The number of aryl methyl sites for hydroxylation is 2. The Morgan fingerprint density at radius 3 is 1.28 bits per heavy atom. The van der Waals surface area contributed by atoms with Gasteiger partial charge in [-0.25, -0.2) is 4.39 Å². The van der Waals surface area contributed by atoms with Crippen molar-refractivity contribution < 1.29 is 9.18 Å². The fourth-order valence-electron chi connectivity index (χ4n) is 5.63. The van der Waals surface area contributed by atoms with E-state index in [4.69, 9.17) is 0 Å². The lowest BCUT2D eigenvalue weighted by atomic mass is 10.0. The summed E-state index contributed by atoms with van der Waals surface area (Å²) in [5.74, 6) is -0.442. The third-order valence-electron chi connectivity index (χ3n) is 8.43. The van der Waals surface area contributed by atoms with E-state index in [0.29, 0.717) is 5.56 Å². The Bertz CT molecular complexity index is 1190. The van der Waals surface area contributed by atoms with Crippen LogP contribution in [0, 0.1) is 5.82 Å². The zero-order chi connectivity index (χ0) is 30.4. The molecule has 0 atom stereocenters. The van der Waals surface area contributed by atoms with Crippen LogP contribution in [0.15, 0.2) is 85.5 Å². The summed E-state index contributed by atoms with van der Waals surface area (Å²) in [4.78, 5) is 12.2. The number of benzene rings is 3. The quantitative estimate of drug-likeness (QED) is 0.0619. The van der Waals surface area contributed by atoms with Crippen molar-refractivity contribution in [3.8, 4) is 0 Å². The van der Waals surface area contributed by atoms with Crippen LogP contribution in [0.25, 0.3) is 12.2 Å². The smallest absolute Gasteiger partial charge is 0.185 e. The molecule has 0 spiro atoms. The van der Waals surface area contributed by atoms with Crippen LogP contribution in [0.3, 0.4) is 0 Å². The second kappa shape index (κ2) is 21.4. The van der Waals surface area contributed by atoms with Gasteiger partial charge in [0.2, 0.25) is 0 Å². The van der Waals surface area contributed by atoms with Crippen LogP contribution < -0.4 is 0 Å². The maximum absolute atomic E-state index is 13.0. The molecule has 3 aromatic rings. The Balaban J connectivity index is 1.07. The number of hydrogen-bond donors (Lipinski definition) is 0. The van der Waals surface area contributed by atoms with Crippen molar-refractivity contribution >= 4 is 17.9 Å². The Morgan fingerprint density at radius 2 is 0.884 bits per heavy atom. The number of hydrogen-bond acceptors (Lipinski definition) is 1. The van der Waals surface area contributed by atoms with E-state index in [9.17, 15) is 9.18 Å². The minimum Gasteiger partial charge on any atom is -0.289 e. The molecule has 0 bridgehead atoms. The van der Waals surface area contributed by atoms with Crippen molar-refractivity contribution in [2.75, 3.05) is 0 Å². The highest BCUT2D eigenvalue weighted by atomic mass is 19.1. The number of carbonyl (C=O) groups excluding carboxylic acids is 1. The first kappa shape index (κ1) is 34.2. The average molecular weight is 581 g/mol. The standard InChI is InChI=1S/C41H53FO/c1-2-35-21-23-36(24-22-35)19-17-15-13-11-9-7-5-3-4-6-8-10-12-14-16-18-20-37-25-27-38(28-26-37)29-34-41(43)39-30-32-40(42)33-31-39/h2,21-34H,1,3-20H2. The predicted octanol–water partition coefficient (Wildman–Crippen LogP) is 12.4. The molecule has 43 heavy (non-hydrogen) atoms. The molecule has 0 saturated carbocycles. The molecule has 2 heteroatoms. The number of ketones is 1. The summed E-state index contributed by atoms with van der Waals surface area (Å²) in [6, 6.07) is 22.9. The van der Waals surface area contributed by atoms with Gasteiger partial charge in [-0.15, -0.1) is 0 Å².